The van der Waals surface area contributed by atoms with E-state index in [1.807, 2.05) is 26.4 Å². The van der Waals surface area contributed by atoms with Gasteiger partial charge in [-0.25, -0.2) is 10.8 Å². The van der Waals surface area contributed by atoms with E-state index in [0.717, 1.165) is 23.6 Å². The summed E-state index contributed by atoms with van der Waals surface area (Å²) in [5.74, 6) is 5.65. The number of nitrogens with one attached hydrogen (secondary N) is 1. The molecule has 0 unspecified atom stereocenters. The Morgan fingerprint density at radius 3 is 2.85 bits per heavy atom. The Bertz CT molecular complexity index is 605. The molecule has 20 heavy (non-hydrogen) atoms. The highest BCUT2D eigenvalue weighted by Crippen LogP contribution is 2.19. The highest BCUT2D eigenvalue weighted by atomic mass is 32.1. The number of nitrogen functional groups attached to an aromatic ring is 1. The SMILES string of the molecule is Cc1ncsc1CN(C)Cc1cc(C(=O)NN)oc1C. The van der Waals surface area contributed by atoms with Gasteiger partial charge < -0.3 is 4.42 Å². The number of carbonyl (C=O) groups is 1. The summed E-state index contributed by atoms with van der Waals surface area (Å²) in [4.78, 5) is 19.1. The number of aromatic nitrogens is 1. The molecule has 108 valence electrons. The van der Waals surface area contributed by atoms with Crippen molar-refractivity contribution >= 4 is 17.2 Å². The van der Waals surface area contributed by atoms with Crippen LogP contribution in [-0.4, -0.2) is 22.8 Å². The lowest BCUT2D eigenvalue weighted by Gasteiger charge is -2.15. The summed E-state index contributed by atoms with van der Waals surface area (Å²) in [6.07, 6.45) is 0. The van der Waals surface area contributed by atoms with Crippen molar-refractivity contribution in [2.45, 2.75) is 26.9 Å². The van der Waals surface area contributed by atoms with Crippen LogP contribution >= 0.6 is 11.3 Å². The zero-order valence-corrected chi connectivity index (χ0v) is 12.6. The molecule has 1 amide bonds. The molecule has 7 heteroatoms. The Balaban J connectivity index is 2.04. The quantitative estimate of drug-likeness (QED) is 0.497. The van der Waals surface area contributed by atoms with Crippen LogP contribution < -0.4 is 11.3 Å². The molecule has 3 N–H and O–H groups in total. The van der Waals surface area contributed by atoms with E-state index in [-0.39, 0.29) is 5.76 Å². The Kier molecular flexibility index (Phi) is 4.53. The van der Waals surface area contributed by atoms with Gasteiger partial charge in [0.1, 0.15) is 5.76 Å². The third-order valence-electron chi connectivity index (χ3n) is 3.07. The minimum Gasteiger partial charge on any atom is -0.456 e. The van der Waals surface area contributed by atoms with Gasteiger partial charge in [0.15, 0.2) is 5.76 Å². The summed E-state index contributed by atoms with van der Waals surface area (Å²) in [6, 6.07) is 1.73. The standard InChI is InChI=1S/C13H18N4O2S/c1-8-12(20-7-15-8)6-17(3)5-10-4-11(13(18)16-14)19-9(10)2/h4,7H,5-6,14H2,1-3H3,(H,16,18). The molecule has 0 aliphatic rings. The number of hydrogen-bond acceptors (Lipinski definition) is 6. The predicted molar refractivity (Wildman–Crippen MR) is 77.1 cm³/mol. The van der Waals surface area contributed by atoms with Gasteiger partial charge in [0.2, 0.25) is 0 Å². The number of nitrogens with zero attached hydrogens (tertiary/aromatic N) is 2. The normalized spacial score (nSPS) is 11.1. The molecule has 2 aromatic rings. The molecule has 0 atom stereocenters. The van der Waals surface area contributed by atoms with E-state index in [0.29, 0.717) is 6.54 Å². The lowest BCUT2D eigenvalue weighted by Crippen LogP contribution is -2.29. The van der Waals surface area contributed by atoms with Crippen LogP contribution in [0.1, 0.15) is 32.4 Å². The molecule has 0 radical (unpaired) electrons. The fourth-order valence-electron chi connectivity index (χ4n) is 1.93. The molecule has 0 saturated heterocycles. The Hall–Kier alpha value is -1.70. The Morgan fingerprint density at radius 1 is 1.50 bits per heavy atom. The largest absolute Gasteiger partial charge is 0.456 e. The molecule has 0 aliphatic carbocycles. The van der Waals surface area contributed by atoms with E-state index < -0.39 is 5.91 Å². The molecule has 6 nitrogen and oxygen atoms in total. The van der Waals surface area contributed by atoms with Crippen molar-refractivity contribution in [3.05, 3.63) is 39.2 Å². The van der Waals surface area contributed by atoms with Gasteiger partial charge in [-0.3, -0.25) is 15.1 Å². The average molecular weight is 294 g/mol. The van der Waals surface area contributed by atoms with Gasteiger partial charge in [0, 0.05) is 23.5 Å². The van der Waals surface area contributed by atoms with Crippen molar-refractivity contribution < 1.29 is 9.21 Å². The molecule has 0 aliphatic heterocycles. The first kappa shape index (κ1) is 14.7. The van der Waals surface area contributed by atoms with E-state index >= 15 is 0 Å². The highest BCUT2D eigenvalue weighted by Gasteiger charge is 2.15. The second kappa shape index (κ2) is 6.17. The first-order valence-electron chi connectivity index (χ1n) is 6.19. The van der Waals surface area contributed by atoms with Gasteiger partial charge in [0.25, 0.3) is 0 Å². The number of nitrogens with two attached hydrogens (primary N) is 1. The molecular formula is C13H18N4O2S. The number of carbonyl (C=O) groups excluding carboxylic acids is 1. The van der Waals surface area contributed by atoms with Crippen LogP contribution in [0.15, 0.2) is 16.0 Å². The number of rotatable bonds is 5. The third kappa shape index (κ3) is 3.24. The molecule has 2 rings (SSSR count). The minimum atomic E-state index is -0.416. The number of aryl methyl sites for hydroxylation is 2. The summed E-state index contributed by atoms with van der Waals surface area (Å²) in [7, 11) is 2.02. The van der Waals surface area contributed by atoms with Gasteiger partial charge in [-0.05, 0) is 27.0 Å². The minimum absolute atomic E-state index is 0.238. The van der Waals surface area contributed by atoms with Gasteiger partial charge >= 0.3 is 5.91 Å². The van der Waals surface area contributed by atoms with Crippen LogP contribution in [0.4, 0.5) is 0 Å². The van der Waals surface area contributed by atoms with Gasteiger partial charge in [-0.1, -0.05) is 0 Å². The van der Waals surface area contributed by atoms with Crippen LogP contribution in [0.2, 0.25) is 0 Å². The first-order chi connectivity index (χ1) is 9.51. The monoisotopic (exact) mass is 294 g/mol. The lowest BCUT2D eigenvalue weighted by molar-refractivity contribution is 0.0924. The maximum absolute atomic E-state index is 11.4. The molecule has 2 aromatic heterocycles. The van der Waals surface area contributed by atoms with Crippen molar-refractivity contribution in [1.29, 1.82) is 0 Å². The van der Waals surface area contributed by atoms with Gasteiger partial charge in [0.05, 0.1) is 11.2 Å². The van der Waals surface area contributed by atoms with Gasteiger partial charge in [-0.15, -0.1) is 11.3 Å². The van der Waals surface area contributed by atoms with Crippen molar-refractivity contribution in [1.82, 2.24) is 15.3 Å². The van der Waals surface area contributed by atoms with Crippen LogP contribution in [0.5, 0.6) is 0 Å². The summed E-state index contributed by atoms with van der Waals surface area (Å²) in [6.45, 7) is 5.37. The van der Waals surface area contributed by atoms with E-state index in [1.165, 1.54) is 4.88 Å². The Morgan fingerprint density at radius 2 is 2.25 bits per heavy atom. The summed E-state index contributed by atoms with van der Waals surface area (Å²) in [5, 5.41) is 0. The molecule has 0 fully saturated rings. The van der Waals surface area contributed by atoms with E-state index in [2.05, 4.69) is 15.3 Å². The van der Waals surface area contributed by atoms with Crippen LogP contribution in [0.3, 0.4) is 0 Å². The Labute approximate surface area is 121 Å². The summed E-state index contributed by atoms with van der Waals surface area (Å²) < 4.78 is 5.40. The molecule has 0 saturated carbocycles. The average Bonchev–Trinajstić information content (AvgIpc) is 2.96. The third-order valence-corrected chi connectivity index (χ3v) is 3.99. The van der Waals surface area contributed by atoms with E-state index in [4.69, 9.17) is 10.3 Å². The van der Waals surface area contributed by atoms with Crippen molar-refractivity contribution in [2.24, 2.45) is 5.84 Å². The zero-order chi connectivity index (χ0) is 14.7. The smallest absolute Gasteiger partial charge is 0.300 e. The molecular weight excluding hydrogens is 276 g/mol. The highest BCUT2D eigenvalue weighted by molar-refractivity contribution is 7.09. The first-order valence-corrected chi connectivity index (χ1v) is 7.07. The van der Waals surface area contributed by atoms with Crippen LogP contribution in [-0.2, 0) is 13.1 Å². The number of amides is 1. The maximum atomic E-state index is 11.4. The van der Waals surface area contributed by atoms with Crippen LogP contribution in [0.25, 0.3) is 0 Å². The second-order valence-electron chi connectivity index (χ2n) is 4.70. The van der Waals surface area contributed by atoms with Crippen molar-refractivity contribution in [2.75, 3.05) is 7.05 Å². The fraction of sp³-hybridized carbons (Fsp3) is 0.385. The second-order valence-corrected chi connectivity index (χ2v) is 5.64. The number of hydrazine groups is 1. The molecule has 2 heterocycles. The van der Waals surface area contributed by atoms with Crippen molar-refractivity contribution in [3.63, 3.8) is 0 Å². The fourth-order valence-corrected chi connectivity index (χ4v) is 2.79. The number of thiazole rings is 1. The number of furan rings is 1. The van der Waals surface area contributed by atoms with E-state index in [1.54, 1.807) is 17.4 Å². The predicted octanol–water partition coefficient (Wildman–Crippen LogP) is 1.59. The van der Waals surface area contributed by atoms with E-state index in [9.17, 15) is 4.79 Å². The molecule has 0 aromatic carbocycles. The maximum Gasteiger partial charge on any atom is 0.300 e. The van der Waals surface area contributed by atoms with Crippen LogP contribution in [0, 0.1) is 13.8 Å². The number of hydrogen-bond donors (Lipinski definition) is 2. The molecule has 0 spiro atoms. The zero-order valence-electron chi connectivity index (χ0n) is 11.8. The molecule has 0 bridgehead atoms. The summed E-state index contributed by atoms with van der Waals surface area (Å²) in [5.41, 5.74) is 5.96. The topological polar surface area (TPSA) is 84.4 Å². The van der Waals surface area contributed by atoms with Crippen molar-refractivity contribution in [3.8, 4) is 0 Å². The lowest BCUT2D eigenvalue weighted by atomic mass is 10.2. The summed E-state index contributed by atoms with van der Waals surface area (Å²) >= 11 is 1.65. The van der Waals surface area contributed by atoms with Gasteiger partial charge in [-0.2, -0.15) is 0 Å².